The Morgan fingerprint density at radius 3 is 2.50 bits per heavy atom. The van der Waals surface area contributed by atoms with Gasteiger partial charge in [-0.25, -0.2) is 0 Å². The highest BCUT2D eigenvalue weighted by Crippen LogP contribution is 2.30. The molecule has 1 heterocycles. The highest BCUT2D eigenvalue weighted by Gasteiger charge is 2.23. The zero-order valence-electron chi connectivity index (χ0n) is 11.2. The fourth-order valence-electron chi connectivity index (χ4n) is 3.04. The first-order valence-corrected chi connectivity index (χ1v) is 7.36. The number of nitrogens with two attached hydrogens (primary N) is 1. The maximum Gasteiger partial charge on any atom is 0.220 e. The molecule has 1 atom stereocenters. The summed E-state index contributed by atoms with van der Waals surface area (Å²) in [5.41, 5.74) is 5.67. The topological polar surface area (TPSA) is 64.4 Å². The van der Waals surface area contributed by atoms with Crippen LogP contribution in [-0.4, -0.2) is 31.7 Å². The third kappa shape index (κ3) is 4.25. The van der Waals surface area contributed by atoms with E-state index in [1.165, 1.54) is 12.8 Å². The minimum atomic E-state index is 0.196. The molecule has 3 N–H and O–H groups in total. The summed E-state index contributed by atoms with van der Waals surface area (Å²) in [6, 6.07) is 0. The van der Waals surface area contributed by atoms with Gasteiger partial charge in [-0.2, -0.15) is 0 Å². The van der Waals surface area contributed by atoms with Gasteiger partial charge in [0.1, 0.15) is 0 Å². The van der Waals surface area contributed by atoms with Crippen LogP contribution in [0.15, 0.2) is 0 Å². The van der Waals surface area contributed by atoms with Crippen molar-refractivity contribution in [3.8, 4) is 0 Å². The summed E-state index contributed by atoms with van der Waals surface area (Å²) in [5.74, 6) is 1.45. The molecule has 1 unspecified atom stereocenters. The lowest BCUT2D eigenvalue weighted by Gasteiger charge is -2.27. The summed E-state index contributed by atoms with van der Waals surface area (Å²) in [6.07, 6.45) is 7.86. The second-order valence-corrected chi connectivity index (χ2v) is 5.77. The average molecular weight is 254 g/mol. The second kappa shape index (κ2) is 7.10. The molecule has 1 saturated carbocycles. The van der Waals surface area contributed by atoms with Gasteiger partial charge in [0, 0.05) is 19.6 Å². The lowest BCUT2D eigenvalue weighted by atomic mass is 9.80. The number of amides is 1. The number of ether oxygens (including phenoxy) is 1. The van der Waals surface area contributed by atoms with Crippen LogP contribution in [0, 0.1) is 11.8 Å². The van der Waals surface area contributed by atoms with E-state index >= 15 is 0 Å². The first-order chi connectivity index (χ1) is 8.78. The summed E-state index contributed by atoms with van der Waals surface area (Å²) >= 11 is 0. The van der Waals surface area contributed by atoms with Crippen LogP contribution in [0.1, 0.15) is 44.9 Å². The molecule has 1 amide bonds. The number of nitrogens with one attached hydrogen (secondary N) is 1. The fraction of sp³-hybridized carbons (Fsp3) is 0.929. The Hall–Kier alpha value is -0.610. The quantitative estimate of drug-likeness (QED) is 0.780. The molecule has 1 aliphatic heterocycles. The molecule has 4 nitrogen and oxygen atoms in total. The van der Waals surface area contributed by atoms with Gasteiger partial charge in [0.15, 0.2) is 0 Å². The van der Waals surface area contributed by atoms with Crippen molar-refractivity contribution in [2.75, 3.05) is 19.7 Å². The first kappa shape index (κ1) is 13.8. The van der Waals surface area contributed by atoms with Crippen molar-refractivity contribution in [2.45, 2.75) is 51.0 Å². The smallest absolute Gasteiger partial charge is 0.220 e. The summed E-state index contributed by atoms with van der Waals surface area (Å²) in [6.45, 7) is 2.35. The summed E-state index contributed by atoms with van der Waals surface area (Å²) < 4.78 is 5.49. The van der Waals surface area contributed by atoms with Gasteiger partial charge in [-0.05, 0) is 56.9 Å². The van der Waals surface area contributed by atoms with E-state index in [2.05, 4.69) is 5.32 Å². The van der Waals surface area contributed by atoms with Crippen LogP contribution in [0.2, 0.25) is 0 Å². The minimum absolute atomic E-state index is 0.196. The van der Waals surface area contributed by atoms with Crippen LogP contribution in [0.4, 0.5) is 0 Å². The van der Waals surface area contributed by atoms with Gasteiger partial charge in [0.05, 0.1) is 6.10 Å². The van der Waals surface area contributed by atoms with Gasteiger partial charge in [-0.1, -0.05) is 0 Å². The zero-order valence-corrected chi connectivity index (χ0v) is 11.2. The number of hydrogen-bond acceptors (Lipinski definition) is 3. The molecule has 2 fully saturated rings. The Kier molecular flexibility index (Phi) is 5.45. The molecule has 104 valence electrons. The van der Waals surface area contributed by atoms with Crippen molar-refractivity contribution in [2.24, 2.45) is 17.6 Å². The van der Waals surface area contributed by atoms with Crippen molar-refractivity contribution in [1.82, 2.24) is 5.32 Å². The van der Waals surface area contributed by atoms with Gasteiger partial charge in [0.2, 0.25) is 5.91 Å². The lowest BCUT2D eigenvalue weighted by molar-refractivity contribution is -0.122. The van der Waals surface area contributed by atoms with Crippen molar-refractivity contribution in [3.05, 3.63) is 0 Å². The number of rotatable bonds is 5. The Bertz CT molecular complexity index is 257. The van der Waals surface area contributed by atoms with E-state index in [9.17, 15) is 4.79 Å². The van der Waals surface area contributed by atoms with Crippen molar-refractivity contribution >= 4 is 5.91 Å². The summed E-state index contributed by atoms with van der Waals surface area (Å²) in [5, 5.41) is 3.01. The standard InChI is InChI=1S/C14H26N2O2/c15-9-12-5-3-11(4-6-12)8-14(17)16-10-13-2-1-7-18-13/h11-13H,1-10,15H2,(H,16,17). The molecule has 0 bridgehead atoms. The predicted molar refractivity (Wildman–Crippen MR) is 71.1 cm³/mol. The molecule has 2 rings (SSSR count). The van der Waals surface area contributed by atoms with Gasteiger partial charge in [-0.3, -0.25) is 4.79 Å². The Morgan fingerprint density at radius 1 is 1.17 bits per heavy atom. The summed E-state index contributed by atoms with van der Waals surface area (Å²) in [7, 11) is 0. The number of carbonyl (C=O) groups excluding carboxylic acids is 1. The SMILES string of the molecule is NCC1CCC(CC(=O)NCC2CCCO2)CC1. The average Bonchev–Trinajstić information content (AvgIpc) is 2.90. The van der Waals surface area contributed by atoms with Gasteiger partial charge in [-0.15, -0.1) is 0 Å². The van der Waals surface area contributed by atoms with E-state index in [1.54, 1.807) is 0 Å². The summed E-state index contributed by atoms with van der Waals surface area (Å²) in [4.78, 5) is 11.8. The maximum absolute atomic E-state index is 11.8. The Labute approximate surface area is 110 Å². The van der Waals surface area contributed by atoms with E-state index in [0.717, 1.165) is 38.8 Å². The van der Waals surface area contributed by atoms with Crippen LogP contribution in [0.5, 0.6) is 0 Å². The van der Waals surface area contributed by atoms with E-state index in [0.29, 0.717) is 24.8 Å². The van der Waals surface area contributed by atoms with Crippen molar-refractivity contribution in [1.29, 1.82) is 0 Å². The van der Waals surface area contributed by atoms with Crippen LogP contribution in [-0.2, 0) is 9.53 Å². The largest absolute Gasteiger partial charge is 0.376 e. The maximum atomic E-state index is 11.8. The van der Waals surface area contributed by atoms with E-state index in [-0.39, 0.29) is 12.0 Å². The molecule has 4 heteroatoms. The molecule has 1 aliphatic carbocycles. The molecular formula is C14H26N2O2. The van der Waals surface area contributed by atoms with Gasteiger partial charge < -0.3 is 15.8 Å². The van der Waals surface area contributed by atoms with E-state index < -0.39 is 0 Å². The third-order valence-electron chi connectivity index (χ3n) is 4.32. The molecule has 1 saturated heterocycles. The highest BCUT2D eigenvalue weighted by molar-refractivity contribution is 5.76. The molecule has 0 radical (unpaired) electrons. The lowest BCUT2D eigenvalue weighted by Crippen LogP contribution is -2.33. The zero-order chi connectivity index (χ0) is 12.8. The molecular weight excluding hydrogens is 228 g/mol. The number of carbonyl (C=O) groups is 1. The molecule has 0 aromatic heterocycles. The molecule has 18 heavy (non-hydrogen) atoms. The molecule has 0 spiro atoms. The third-order valence-corrected chi connectivity index (χ3v) is 4.32. The molecule has 0 aromatic carbocycles. The molecule has 0 aromatic rings. The monoisotopic (exact) mass is 254 g/mol. The van der Waals surface area contributed by atoms with Crippen molar-refractivity contribution < 1.29 is 9.53 Å². The Balaban J connectivity index is 1.59. The Morgan fingerprint density at radius 2 is 1.89 bits per heavy atom. The minimum Gasteiger partial charge on any atom is -0.376 e. The van der Waals surface area contributed by atoms with E-state index in [1.807, 2.05) is 0 Å². The van der Waals surface area contributed by atoms with Crippen LogP contribution in [0.3, 0.4) is 0 Å². The van der Waals surface area contributed by atoms with Gasteiger partial charge in [0.25, 0.3) is 0 Å². The van der Waals surface area contributed by atoms with Crippen LogP contribution < -0.4 is 11.1 Å². The second-order valence-electron chi connectivity index (χ2n) is 5.77. The predicted octanol–water partition coefficient (Wildman–Crippen LogP) is 1.44. The van der Waals surface area contributed by atoms with Crippen LogP contribution >= 0.6 is 0 Å². The number of hydrogen-bond donors (Lipinski definition) is 2. The fourth-order valence-corrected chi connectivity index (χ4v) is 3.04. The highest BCUT2D eigenvalue weighted by atomic mass is 16.5. The van der Waals surface area contributed by atoms with E-state index in [4.69, 9.17) is 10.5 Å². The normalized spacial score (nSPS) is 32.4. The van der Waals surface area contributed by atoms with Crippen molar-refractivity contribution in [3.63, 3.8) is 0 Å². The van der Waals surface area contributed by atoms with Gasteiger partial charge >= 0.3 is 0 Å². The van der Waals surface area contributed by atoms with Crippen LogP contribution in [0.25, 0.3) is 0 Å². The first-order valence-electron chi connectivity index (χ1n) is 7.36. The molecule has 2 aliphatic rings.